The average molecular weight is 330 g/mol. The predicted molar refractivity (Wildman–Crippen MR) is 93.6 cm³/mol. The summed E-state index contributed by atoms with van der Waals surface area (Å²) < 4.78 is 0. The monoisotopic (exact) mass is 330 g/mol. The van der Waals surface area contributed by atoms with E-state index in [-0.39, 0.29) is 11.4 Å². The molecule has 0 radical (unpaired) electrons. The topological polar surface area (TPSA) is 98.6 Å². The molecule has 0 aliphatic rings. The van der Waals surface area contributed by atoms with Gasteiger partial charge in [-0.2, -0.15) is 5.26 Å². The van der Waals surface area contributed by atoms with Crippen molar-refractivity contribution < 1.29 is 9.59 Å². The highest BCUT2D eigenvalue weighted by Crippen LogP contribution is 2.20. The van der Waals surface area contributed by atoms with Crippen LogP contribution in [0.15, 0.2) is 54.4 Å². The number of ketones is 1. The van der Waals surface area contributed by atoms with Gasteiger partial charge in [0.2, 0.25) is 0 Å². The van der Waals surface area contributed by atoms with E-state index in [1.807, 2.05) is 12.1 Å². The molecule has 0 bridgehead atoms. The molecule has 6 heteroatoms. The zero-order valence-corrected chi connectivity index (χ0v) is 13.4. The van der Waals surface area contributed by atoms with Crippen LogP contribution in [0.5, 0.6) is 0 Å². The minimum absolute atomic E-state index is 0.0246. The second-order valence-corrected chi connectivity index (χ2v) is 5.31. The lowest BCUT2D eigenvalue weighted by Crippen LogP contribution is -2.19. The number of aromatic amines is 1. The van der Waals surface area contributed by atoms with Gasteiger partial charge in [0.1, 0.15) is 17.3 Å². The Bertz CT molecular complexity index is 1040. The van der Waals surface area contributed by atoms with Crippen LogP contribution in [0, 0.1) is 11.3 Å². The molecular formula is C19H14N4O2. The highest BCUT2D eigenvalue weighted by Gasteiger charge is 2.15. The summed E-state index contributed by atoms with van der Waals surface area (Å²) in [5.41, 5.74) is 2.21. The Kier molecular flexibility index (Phi) is 4.40. The first kappa shape index (κ1) is 16.1. The molecule has 0 saturated carbocycles. The molecule has 0 aliphatic carbocycles. The van der Waals surface area contributed by atoms with Gasteiger partial charge in [0.15, 0.2) is 5.78 Å². The first-order valence-electron chi connectivity index (χ1n) is 7.55. The maximum atomic E-state index is 12.8. The number of likely N-dealkylation sites (N-methyl/N-ethyl adjacent to an activating group) is 1. The number of amides is 1. The Morgan fingerprint density at radius 3 is 2.88 bits per heavy atom. The van der Waals surface area contributed by atoms with Crippen LogP contribution in [0.25, 0.3) is 17.1 Å². The van der Waals surface area contributed by atoms with Crippen LogP contribution in [0.3, 0.4) is 0 Å². The molecule has 2 N–H and O–H groups in total. The fourth-order valence-electron chi connectivity index (χ4n) is 2.52. The van der Waals surface area contributed by atoms with Crippen LogP contribution in [0.1, 0.15) is 21.5 Å². The Balaban J connectivity index is 1.99. The number of nitrogens with zero attached hydrogens (tertiary/aromatic N) is 2. The van der Waals surface area contributed by atoms with Crippen molar-refractivity contribution >= 4 is 28.8 Å². The van der Waals surface area contributed by atoms with Crippen LogP contribution < -0.4 is 5.32 Å². The third kappa shape index (κ3) is 3.16. The lowest BCUT2D eigenvalue weighted by atomic mass is 10.0. The van der Waals surface area contributed by atoms with E-state index in [1.165, 1.54) is 13.1 Å². The second-order valence-electron chi connectivity index (χ2n) is 5.31. The Morgan fingerprint density at radius 2 is 2.12 bits per heavy atom. The Labute approximate surface area is 143 Å². The highest BCUT2D eigenvalue weighted by molar-refractivity contribution is 6.16. The van der Waals surface area contributed by atoms with Gasteiger partial charge >= 0.3 is 0 Å². The summed E-state index contributed by atoms with van der Waals surface area (Å²) in [7, 11) is 1.46. The third-order valence-corrected chi connectivity index (χ3v) is 3.75. The molecule has 0 fully saturated rings. The molecule has 1 amide bonds. The minimum Gasteiger partial charge on any atom is -0.354 e. The maximum absolute atomic E-state index is 12.8. The smallest absolute Gasteiger partial charge is 0.261 e. The van der Waals surface area contributed by atoms with Crippen molar-refractivity contribution in [2.45, 2.75) is 0 Å². The number of carbonyl (C=O) groups excluding carboxylic acids is 2. The van der Waals surface area contributed by atoms with Crippen LogP contribution in [-0.4, -0.2) is 28.7 Å². The number of fused-ring (bicyclic) bond motifs is 1. The molecule has 3 aromatic rings. The van der Waals surface area contributed by atoms with E-state index in [9.17, 15) is 9.59 Å². The van der Waals surface area contributed by atoms with E-state index in [2.05, 4.69) is 15.3 Å². The largest absolute Gasteiger partial charge is 0.354 e. The Morgan fingerprint density at radius 1 is 1.28 bits per heavy atom. The number of hydrogen-bond donors (Lipinski definition) is 2. The molecule has 1 aromatic carbocycles. The number of aromatic nitrogens is 2. The second kappa shape index (κ2) is 6.81. The molecule has 2 heterocycles. The first-order chi connectivity index (χ1) is 12.1. The van der Waals surface area contributed by atoms with E-state index in [4.69, 9.17) is 5.26 Å². The van der Waals surface area contributed by atoms with Gasteiger partial charge in [0.25, 0.3) is 5.91 Å². The molecular weight excluding hydrogens is 316 g/mol. The number of nitriles is 1. The minimum atomic E-state index is -0.470. The summed E-state index contributed by atoms with van der Waals surface area (Å²) in [6, 6.07) is 12.2. The molecule has 0 unspecified atom stereocenters. The van der Waals surface area contributed by atoms with Crippen molar-refractivity contribution in [3.05, 3.63) is 71.1 Å². The van der Waals surface area contributed by atoms with Gasteiger partial charge in [-0.1, -0.05) is 18.2 Å². The van der Waals surface area contributed by atoms with Crippen LogP contribution in [-0.2, 0) is 4.79 Å². The summed E-state index contributed by atoms with van der Waals surface area (Å²) in [5, 5.41) is 12.2. The quantitative estimate of drug-likeness (QED) is 0.436. The molecule has 0 saturated heterocycles. The summed E-state index contributed by atoms with van der Waals surface area (Å²) in [6.07, 6.45) is 4.74. The lowest BCUT2D eigenvalue weighted by molar-refractivity contribution is -0.116. The van der Waals surface area contributed by atoms with Gasteiger partial charge in [0, 0.05) is 36.0 Å². The molecule has 0 aliphatic heterocycles. The maximum Gasteiger partial charge on any atom is 0.261 e. The summed E-state index contributed by atoms with van der Waals surface area (Å²) in [6.45, 7) is 0. The number of carbonyl (C=O) groups is 2. The molecule has 122 valence electrons. The molecule has 3 rings (SSSR count). The SMILES string of the molecule is CNC(=O)C(C#N)=Cc1cccc(C(=O)c2c[nH]c3ncccc23)c1. The van der Waals surface area contributed by atoms with E-state index >= 15 is 0 Å². The van der Waals surface area contributed by atoms with Crippen molar-refractivity contribution in [2.75, 3.05) is 7.05 Å². The van der Waals surface area contributed by atoms with Gasteiger partial charge in [0.05, 0.1) is 0 Å². The number of pyridine rings is 1. The van der Waals surface area contributed by atoms with Crippen LogP contribution >= 0.6 is 0 Å². The predicted octanol–water partition coefficient (Wildman–Crippen LogP) is 2.45. The van der Waals surface area contributed by atoms with Gasteiger partial charge in [-0.15, -0.1) is 0 Å². The summed E-state index contributed by atoms with van der Waals surface area (Å²) in [4.78, 5) is 31.6. The first-order valence-corrected chi connectivity index (χ1v) is 7.55. The van der Waals surface area contributed by atoms with E-state index in [0.29, 0.717) is 22.3 Å². The van der Waals surface area contributed by atoms with Crippen molar-refractivity contribution in [1.82, 2.24) is 15.3 Å². The van der Waals surface area contributed by atoms with Crippen molar-refractivity contribution in [3.8, 4) is 6.07 Å². The van der Waals surface area contributed by atoms with Crippen molar-refractivity contribution in [3.63, 3.8) is 0 Å². The summed E-state index contributed by atoms with van der Waals surface area (Å²) in [5.74, 6) is -0.630. The zero-order chi connectivity index (χ0) is 17.8. The fourth-order valence-corrected chi connectivity index (χ4v) is 2.52. The fraction of sp³-hybridized carbons (Fsp3) is 0.0526. The van der Waals surface area contributed by atoms with Gasteiger partial charge in [-0.3, -0.25) is 9.59 Å². The van der Waals surface area contributed by atoms with Gasteiger partial charge in [-0.25, -0.2) is 4.98 Å². The van der Waals surface area contributed by atoms with E-state index in [0.717, 1.165) is 5.39 Å². The molecule has 25 heavy (non-hydrogen) atoms. The van der Waals surface area contributed by atoms with Crippen LogP contribution in [0.4, 0.5) is 0 Å². The normalized spacial score (nSPS) is 11.1. The average Bonchev–Trinajstić information content (AvgIpc) is 3.09. The third-order valence-electron chi connectivity index (χ3n) is 3.75. The highest BCUT2D eigenvalue weighted by atomic mass is 16.1. The summed E-state index contributed by atoms with van der Waals surface area (Å²) >= 11 is 0. The number of H-pyrrole nitrogens is 1. The number of benzene rings is 1. The molecule has 2 aromatic heterocycles. The number of nitrogens with one attached hydrogen (secondary N) is 2. The van der Waals surface area contributed by atoms with Crippen LogP contribution in [0.2, 0.25) is 0 Å². The lowest BCUT2D eigenvalue weighted by Gasteiger charge is -2.02. The van der Waals surface area contributed by atoms with Crippen molar-refractivity contribution in [1.29, 1.82) is 5.26 Å². The van der Waals surface area contributed by atoms with E-state index < -0.39 is 5.91 Å². The van der Waals surface area contributed by atoms with Gasteiger partial charge in [-0.05, 0) is 29.8 Å². The molecule has 0 spiro atoms. The Hall–Kier alpha value is -3.72. The number of hydrogen-bond acceptors (Lipinski definition) is 4. The zero-order valence-electron chi connectivity index (χ0n) is 13.4. The number of rotatable bonds is 4. The van der Waals surface area contributed by atoms with Crippen molar-refractivity contribution in [2.24, 2.45) is 0 Å². The molecule has 6 nitrogen and oxygen atoms in total. The van der Waals surface area contributed by atoms with Gasteiger partial charge < -0.3 is 10.3 Å². The molecule has 0 atom stereocenters. The van der Waals surface area contributed by atoms with E-state index in [1.54, 1.807) is 42.7 Å². The standard InChI is InChI=1S/C19H14N4O2/c1-21-19(25)14(10-20)9-12-4-2-5-13(8-12)17(24)16-11-23-18-15(16)6-3-7-22-18/h2-9,11H,1H3,(H,21,25)(H,22,23).